The topological polar surface area (TPSA) is 114 Å². The summed E-state index contributed by atoms with van der Waals surface area (Å²) in [6, 6.07) is 13.3. The summed E-state index contributed by atoms with van der Waals surface area (Å²) in [5.74, 6) is -0.721. The minimum atomic E-state index is -0.615. The lowest BCUT2D eigenvalue weighted by atomic mass is 10.2. The van der Waals surface area contributed by atoms with E-state index in [0.717, 1.165) is 0 Å². The smallest absolute Gasteiger partial charge is 0.341 e. The second-order valence-electron chi connectivity index (χ2n) is 6.53. The number of aliphatic hydroxyl groups is 1. The number of benzene rings is 2. The molecule has 0 bridgehead atoms. The van der Waals surface area contributed by atoms with Gasteiger partial charge in [0.15, 0.2) is 0 Å². The second kappa shape index (κ2) is 9.77. The number of hydrogen-bond donors (Lipinski definition) is 2. The van der Waals surface area contributed by atoms with E-state index in [2.05, 4.69) is 5.32 Å². The van der Waals surface area contributed by atoms with Gasteiger partial charge in [0.2, 0.25) is 0 Å². The van der Waals surface area contributed by atoms with Crippen molar-refractivity contribution in [1.82, 2.24) is 4.90 Å². The number of rotatable bonds is 8. The van der Waals surface area contributed by atoms with Gasteiger partial charge < -0.3 is 29.5 Å². The van der Waals surface area contributed by atoms with Crippen molar-refractivity contribution >= 4 is 23.5 Å². The molecule has 0 saturated heterocycles. The van der Waals surface area contributed by atoms with Crippen molar-refractivity contribution in [3.05, 3.63) is 65.4 Å². The average Bonchev–Trinajstić information content (AvgIpc) is 3.10. The number of anilines is 1. The molecule has 2 aromatic rings. The molecule has 0 spiro atoms. The van der Waals surface area contributed by atoms with Gasteiger partial charge in [0.1, 0.15) is 22.8 Å². The number of methoxy groups -OCH3 is 2. The number of nitrogens with one attached hydrogen (secondary N) is 1. The van der Waals surface area contributed by atoms with Gasteiger partial charge in [-0.3, -0.25) is 4.79 Å². The Morgan fingerprint density at radius 1 is 1.03 bits per heavy atom. The summed E-state index contributed by atoms with van der Waals surface area (Å²) in [5.41, 5.74) is 1.13. The molecule has 1 aliphatic heterocycles. The molecule has 9 nitrogen and oxygen atoms in total. The molecule has 2 N–H and O–H groups in total. The van der Waals surface area contributed by atoms with Gasteiger partial charge in [-0.2, -0.15) is 0 Å². The highest BCUT2D eigenvalue weighted by Crippen LogP contribution is 2.28. The normalized spacial score (nSPS) is 13.3. The number of carbonyl (C=O) groups is 3. The van der Waals surface area contributed by atoms with Gasteiger partial charge in [0, 0.05) is 12.2 Å². The van der Waals surface area contributed by atoms with Crippen molar-refractivity contribution in [2.45, 2.75) is 0 Å². The summed E-state index contributed by atoms with van der Waals surface area (Å²) in [7, 11) is 2.53. The molecule has 1 heterocycles. The molecule has 1 aliphatic rings. The number of ether oxygens (including phenoxy) is 3. The fourth-order valence-corrected chi connectivity index (χ4v) is 3.06. The lowest BCUT2D eigenvalue weighted by Gasteiger charge is -2.15. The molecule has 0 unspecified atom stereocenters. The number of para-hydroxylation sites is 1. The van der Waals surface area contributed by atoms with Crippen LogP contribution < -0.4 is 10.1 Å². The fraction of sp³-hybridized carbons (Fsp3) is 0.227. The number of carbonyl (C=O) groups excluding carboxylic acids is 3. The number of aliphatic hydroxyl groups excluding tert-OH is 1. The molecule has 0 aliphatic carbocycles. The van der Waals surface area contributed by atoms with Crippen LogP contribution in [0.5, 0.6) is 11.5 Å². The van der Waals surface area contributed by atoms with Crippen molar-refractivity contribution in [3.63, 3.8) is 0 Å². The molecule has 31 heavy (non-hydrogen) atoms. The highest BCUT2D eigenvalue weighted by Gasteiger charge is 2.34. The fourth-order valence-electron chi connectivity index (χ4n) is 3.06. The Labute approximate surface area is 178 Å². The summed E-state index contributed by atoms with van der Waals surface area (Å²) in [4.78, 5) is 37.9. The van der Waals surface area contributed by atoms with E-state index < -0.39 is 17.8 Å². The van der Waals surface area contributed by atoms with E-state index in [1.165, 1.54) is 19.1 Å². The molecule has 1 amide bonds. The molecule has 162 valence electrons. The molecular formula is C22H22N2O7. The highest BCUT2D eigenvalue weighted by atomic mass is 16.5. The molecule has 0 atom stereocenters. The Bertz CT molecular complexity index is 1010. The van der Waals surface area contributed by atoms with Crippen molar-refractivity contribution in [2.75, 3.05) is 39.2 Å². The Hall–Kier alpha value is -3.85. The summed E-state index contributed by atoms with van der Waals surface area (Å²) >= 11 is 0. The zero-order valence-corrected chi connectivity index (χ0v) is 17.1. The van der Waals surface area contributed by atoms with Gasteiger partial charge >= 0.3 is 11.9 Å². The number of amides is 1. The highest BCUT2D eigenvalue weighted by molar-refractivity contribution is 6.08. The first kappa shape index (κ1) is 21.8. The lowest BCUT2D eigenvalue weighted by Crippen LogP contribution is -2.31. The average molecular weight is 426 g/mol. The molecule has 2 aromatic carbocycles. The van der Waals surface area contributed by atoms with Crippen LogP contribution in [0.1, 0.15) is 10.4 Å². The quantitative estimate of drug-likeness (QED) is 0.616. The van der Waals surface area contributed by atoms with Crippen LogP contribution in [-0.4, -0.2) is 61.8 Å². The van der Waals surface area contributed by atoms with E-state index in [-0.39, 0.29) is 31.0 Å². The van der Waals surface area contributed by atoms with Crippen LogP contribution in [0.4, 0.5) is 5.69 Å². The van der Waals surface area contributed by atoms with Gasteiger partial charge in [-0.25, -0.2) is 9.59 Å². The predicted molar refractivity (Wildman–Crippen MR) is 111 cm³/mol. The molecule has 9 heteroatoms. The van der Waals surface area contributed by atoms with Gasteiger partial charge in [-0.15, -0.1) is 0 Å². The Morgan fingerprint density at radius 3 is 2.35 bits per heavy atom. The minimum absolute atomic E-state index is 0.0555. The third-order valence-corrected chi connectivity index (χ3v) is 4.60. The summed E-state index contributed by atoms with van der Waals surface area (Å²) in [5, 5.41) is 12.1. The molecular weight excluding hydrogens is 404 g/mol. The number of β-amino-alcohol motifs (C(OH)–C–C–N with tert-alkyl or cyclic N) is 1. The van der Waals surface area contributed by atoms with Crippen LogP contribution >= 0.6 is 0 Å². The Balaban J connectivity index is 1.78. The van der Waals surface area contributed by atoms with Crippen LogP contribution in [0.2, 0.25) is 0 Å². The monoisotopic (exact) mass is 426 g/mol. The van der Waals surface area contributed by atoms with E-state index in [1.807, 2.05) is 0 Å². The van der Waals surface area contributed by atoms with E-state index in [0.29, 0.717) is 22.7 Å². The lowest BCUT2D eigenvalue weighted by molar-refractivity contribution is -0.136. The SMILES string of the molecule is COC(=O)C1=C(Nc2ccc(Oc3ccccc3C(=O)OC)cc2)C(=O)N(CCO)C1. The molecule has 0 radical (unpaired) electrons. The van der Waals surface area contributed by atoms with Crippen molar-refractivity contribution in [3.8, 4) is 11.5 Å². The maximum atomic E-state index is 12.6. The maximum absolute atomic E-state index is 12.6. The number of esters is 2. The van der Waals surface area contributed by atoms with Crippen LogP contribution in [-0.2, 0) is 19.1 Å². The van der Waals surface area contributed by atoms with Crippen molar-refractivity contribution < 1.29 is 33.7 Å². The van der Waals surface area contributed by atoms with Crippen molar-refractivity contribution in [1.29, 1.82) is 0 Å². The standard InChI is InChI=1S/C22H22N2O7/c1-29-21(27)16-5-3-4-6-18(16)31-15-9-7-14(8-10-15)23-19-17(22(28)30-2)13-24(11-12-25)20(19)26/h3-10,23,25H,11-13H2,1-2H3. The van der Waals surface area contributed by atoms with E-state index >= 15 is 0 Å². The number of hydrogen-bond acceptors (Lipinski definition) is 8. The molecule has 0 fully saturated rings. The van der Waals surface area contributed by atoms with Crippen molar-refractivity contribution in [2.24, 2.45) is 0 Å². The van der Waals surface area contributed by atoms with E-state index in [1.54, 1.807) is 48.5 Å². The first-order valence-electron chi connectivity index (χ1n) is 9.42. The van der Waals surface area contributed by atoms with Gasteiger partial charge in [-0.05, 0) is 36.4 Å². The Morgan fingerprint density at radius 2 is 1.71 bits per heavy atom. The first-order chi connectivity index (χ1) is 15.0. The summed E-state index contributed by atoms with van der Waals surface area (Å²) in [6.07, 6.45) is 0. The van der Waals surface area contributed by atoms with Crippen LogP contribution in [0.3, 0.4) is 0 Å². The zero-order valence-electron chi connectivity index (χ0n) is 17.1. The van der Waals surface area contributed by atoms with Crippen LogP contribution in [0.25, 0.3) is 0 Å². The molecule has 0 saturated carbocycles. The first-order valence-corrected chi connectivity index (χ1v) is 9.42. The largest absolute Gasteiger partial charge is 0.466 e. The van der Waals surface area contributed by atoms with Crippen LogP contribution in [0, 0.1) is 0 Å². The van der Waals surface area contributed by atoms with E-state index in [9.17, 15) is 14.4 Å². The van der Waals surface area contributed by atoms with Gasteiger partial charge in [0.05, 0.1) is 32.9 Å². The number of nitrogens with zero attached hydrogens (tertiary/aromatic N) is 1. The van der Waals surface area contributed by atoms with Gasteiger partial charge in [0.25, 0.3) is 5.91 Å². The van der Waals surface area contributed by atoms with Gasteiger partial charge in [-0.1, -0.05) is 12.1 Å². The third kappa shape index (κ3) is 4.84. The Kier molecular flexibility index (Phi) is 6.88. The summed E-state index contributed by atoms with van der Waals surface area (Å²) in [6.45, 7) is -0.0522. The molecule has 3 rings (SSSR count). The summed E-state index contributed by atoms with van der Waals surface area (Å²) < 4.78 is 15.3. The predicted octanol–water partition coefficient (Wildman–Crippen LogP) is 1.94. The molecule has 0 aromatic heterocycles. The van der Waals surface area contributed by atoms with Crippen LogP contribution in [0.15, 0.2) is 59.8 Å². The van der Waals surface area contributed by atoms with E-state index in [4.69, 9.17) is 19.3 Å². The second-order valence-corrected chi connectivity index (χ2v) is 6.53. The minimum Gasteiger partial charge on any atom is -0.466 e. The zero-order chi connectivity index (χ0) is 22.4. The maximum Gasteiger partial charge on any atom is 0.341 e. The third-order valence-electron chi connectivity index (χ3n) is 4.60.